The van der Waals surface area contributed by atoms with E-state index in [1.807, 2.05) is 18.7 Å². The molecule has 1 aliphatic rings. The van der Waals surface area contributed by atoms with Crippen LogP contribution in [0.15, 0.2) is 18.7 Å². The molecule has 0 radical (unpaired) electrons. The monoisotopic (exact) mass is 292 g/mol. The third-order valence-corrected chi connectivity index (χ3v) is 4.53. The quantitative estimate of drug-likeness (QED) is 0.847. The second-order valence-corrected chi connectivity index (χ2v) is 7.63. The fourth-order valence-corrected chi connectivity index (χ4v) is 3.15. The van der Waals surface area contributed by atoms with Crippen molar-refractivity contribution < 1.29 is 0 Å². The third-order valence-electron chi connectivity index (χ3n) is 4.53. The van der Waals surface area contributed by atoms with Gasteiger partial charge in [0.25, 0.3) is 0 Å². The Bertz CT molecular complexity index is 387. The van der Waals surface area contributed by atoms with Gasteiger partial charge in [0.15, 0.2) is 0 Å². The van der Waals surface area contributed by atoms with Gasteiger partial charge < -0.3 is 15.2 Å². The minimum absolute atomic E-state index is 0.235. The van der Waals surface area contributed by atoms with Gasteiger partial charge in [-0.25, -0.2) is 4.98 Å². The molecular weight excluding hydrogens is 260 g/mol. The van der Waals surface area contributed by atoms with Crippen LogP contribution in [0.5, 0.6) is 0 Å². The summed E-state index contributed by atoms with van der Waals surface area (Å²) in [6.07, 6.45) is 11.1. The van der Waals surface area contributed by atoms with Crippen LogP contribution in [0.2, 0.25) is 0 Å². The van der Waals surface area contributed by atoms with Crippen LogP contribution in [0.4, 0.5) is 0 Å². The Hall–Kier alpha value is -0.870. The molecule has 1 saturated heterocycles. The first-order valence-electron chi connectivity index (χ1n) is 8.40. The summed E-state index contributed by atoms with van der Waals surface area (Å²) in [6.45, 7) is 11.4. The Kier molecular flexibility index (Phi) is 5.82. The van der Waals surface area contributed by atoms with Gasteiger partial charge in [-0.15, -0.1) is 0 Å². The number of hydrogen-bond donors (Lipinski definition) is 2. The lowest BCUT2D eigenvalue weighted by Gasteiger charge is -2.36. The summed E-state index contributed by atoms with van der Waals surface area (Å²) >= 11 is 0. The molecule has 1 aromatic rings. The van der Waals surface area contributed by atoms with Gasteiger partial charge in [0.05, 0.1) is 6.33 Å². The average molecular weight is 292 g/mol. The Labute approximate surface area is 129 Å². The summed E-state index contributed by atoms with van der Waals surface area (Å²) in [6, 6.07) is 1.67. The predicted molar refractivity (Wildman–Crippen MR) is 88.3 cm³/mol. The highest BCUT2D eigenvalue weighted by Gasteiger charge is 2.27. The van der Waals surface area contributed by atoms with Crippen molar-refractivity contribution >= 4 is 0 Å². The second-order valence-electron chi connectivity index (χ2n) is 7.63. The fraction of sp³-hybridized carbons (Fsp3) is 0.824. The zero-order chi connectivity index (χ0) is 15.3. The predicted octanol–water partition coefficient (Wildman–Crippen LogP) is 2.81. The molecule has 1 aromatic heterocycles. The first-order valence-corrected chi connectivity index (χ1v) is 8.40. The van der Waals surface area contributed by atoms with Gasteiger partial charge in [0.1, 0.15) is 0 Å². The van der Waals surface area contributed by atoms with Crippen molar-refractivity contribution in [1.82, 2.24) is 20.2 Å². The van der Waals surface area contributed by atoms with Crippen molar-refractivity contribution in [3.63, 3.8) is 0 Å². The molecule has 3 unspecified atom stereocenters. The average Bonchev–Trinajstić information content (AvgIpc) is 2.91. The van der Waals surface area contributed by atoms with Crippen molar-refractivity contribution in [2.24, 2.45) is 5.41 Å². The molecule has 0 bridgehead atoms. The number of nitrogens with zero attached hydrogens (tertiary/aromatic N) is 2. The molecule has 1 aliphatic heterocycles. The smallest absolute Gasteiger partial charge is 0.0946 e. The van der Waals surface area contributed by atoms with E-state index in [0.717, 1.165) is 6.54 Å². The molecule has 4 heteroatoms. The Morgan fingerprint density at radius 3 is 2.76 bits per heavy atom. The Morgan fingerprint density at radius 1 is 1.38 bits per heavy atom. The number of piperidine rings is 1. The van der Waals surface area contributed by atoms with Gasteiger partial charge in [-0.1, -0.05) is 27.2 Å². The number of hydrogen-bond acceptors (Lipinski definition) is 3. The summed E-state index contributed by atoms with van der Waals surface area (Å²) in [5, 5.41) is 7.51. The highest BCUT2D eigenvalue weighted by Crippen LogP contribution is 2.22. The van der Waals surface area contributed by atoms with Crippen LogP contribution in [0.3, 0.4) is 0 Å². The van der Waals surface area contributed by atoms with E-state index in [2.05, 4.69) is 47.9 Å². The van der Waals surface area contributed by atoms with Gasteiger partial charge in [-0.3, -0.25) is 0 Å². The van der Waals surface area contributed by atoms with E-state index in [0.29, 0.717) is 18.1 Å². The molecule has 120 valence electrons. The van der Waals surface area contributed by atoms with Crippen LogP contribution < -0.4 is 10.6 Å². The van der Waals surface area contributed by atoms with Gasteiger partial charge in [0, 0.05) is 37.1 Å². The van der Waals surface area contributed by atoms with Crippen molar-refractivity contribution in [3.05, 3.63) is 18.7 Å². The van der Waals surface area contributed by atoms with Crippen LogP contribution in [0.1, 0.15) is 53.4 Å². The Morgan fingerprint density at radius 2 is 2.19 bits per heavy atom. The summed E-state index contributed by atoms with van der Waals surface area (Å²) in [4.78, 5) is 4.16. The lowest BCUT2D eigenvalue weighted by molar-refractivity contribution is 0.213. The van der Waals surface area contributed by atoms with Crippen LogP contribution in [0.25, 0.3) is 0 Å². The number of rotatable bonds is 6. The molecule has 0 spiro atoms. The molecular formula is C17H32N4. The number of nitrogens with one attached hydrogen (secondary N) is 2. The number of imidazole rings is 1. The highest BCUT2D eigenvalue weighted by atomic mass is 15.1. The lowest BCUT2D eigenvalue weighted by atomic mass is 9.85. The molecule has 1 fully saturated rings. The van der Waals surface area contributed by atoms with Crippen LogP contribution in [-0.4, -0.2) is 34.2 Å². The maximum absolute atomic E-state index is 4.16. The molecule has 3 atom stereocenters. The van der Waals surface area contributed by atoms with E-state index in [1.54, 1.807) is 0 Å². The van der Waals surface area contributed by atoms with E-state index in [9.17, 15) is 0 Å². The molecule has 0 saturated carbocycles. The summed E-state index contributed by atoms with van der Waals surface area (Å²) in [5.74, 6) is 0. The highest BCUT2D eigenvalue weighted by molar-refractivity contribution is 4.87. The van der Waals surface area contributed by atoms with Crippen molar-refractivity contribution in [1.29, 1.82) is 0 Å². The first-order chi connectivity index (χ1) is 9.95. The van der Waals surface area contributed by atoms with Crippen LogP contribution in [0, 0.1) is 5.41 Å². The largest absolute Gasteiger partial charge is 0.336 e. The van der Waals surface area contributed by atoms with E-state index >= 15 is 0 Å². The van der Waals surface area contributed by atoms with E-state index in [4.69, 9.17) is 0 Å². The zero-order valence-corrected chi connectivity index (χ0v) is 14.1. The molecule has 0 aromatic carbocycles. The van der Waals surface area contributed by atoms with E-state index in [1.165, 1.54) is 32.2 Å². The van der Waals surface area contributed by atoms with Crippen LogP contribution >= 0.6 is 0 Å². The molecule has 2 heterocycles. The molecule has 21 heavy (non-hydrogen) atoms. The van der Waals surface area contributed by atoms with E-state index in [-0.39, 0.29) is 5.41 Å². The van der Waals surface area contributed by atoms with Crippen molar-refractivity contribution in [2.45, 2.75) is 78.0 Å². The molecule has 0 amide bonds. The first kappa shape index (κ1) is 16.5. The number of aromatic nitrogens is 2. The fourth-order valence-electron chi connectivity index (χ4n) is 3.15. The maximum Gasteiger partial charge on any atom is 0.0946 e. The SMILES string of the molecule is CC(CC1CCCCN1)NC(Cn1ccnc1)C(C)(C)C. The standard InChI is InChI=1S/C17H32N4/c1-14(11-15-7-5-6-8-19-15)20-16(17(2,3)4)12-21-10-9-18-13-21/h9-10,13-16,19-20H,5-8,11-12H2,1-4H3. The molecule has 4 nitrogen and oxygen atoms in total. The topological polar surface area (TPSA) is 41.9 Å². The van der Waals surface area contributed by atoms with Crippen LogP contribution in [-0.2, 0) is 6.54 Å². The van der Waals surface area contributed by atoms with Crippen molar-refractivity contribution in [3.8, 4) is 0 Å². The lowest BCUT2D eigenvalue weighted by Crippen LogP contribution is -2.49. The van der Waals surface area contributed by atoms with Gasteiger partial charge in [-0.2, -0.15) is 0 Å². The summed E-state index contributed by atoms with van der Waals surface area (Å²) in [5.41, 5.74) is 0.235. The van der Waals surface area contributed by atoms with Gasteiger partial charge in [0.2, 0.25) is 0 Å². The van der Waals surface area contributed by atoms with Gasteiger partial charge >= 0.3 is 0 Å². The zero-order valence-electron chi connectivity index (χ0n) is 14.1. The second kappa shape index (κ2) is 7.41. The van der Waals surface area contributed by atoms with Crippen molar-refractivity contribution in [2.75, 3.05) is 6.54 Å². The Balaban J connectivity index is 1.88. The minimum atomic E-state index is 0.235. The molecule has 2 N–H and O–H groups in total. The molecule has 0 aliphatic carbocycles. The minimum Gasteiger partial charge on any atom is -0.336 e. The molecule has 2 rings (SSSR count). The third kappa shape index (κ3) is 5.44. The summed E-state index contributed by atoms with van der Waals surface area (Å²) < 4.78 is 2.18. The normalized spacial score (nSPS) is 23.0. The van der Waals surface area contributed by atoms with E-state index < -0.39 is 0 Å². The maximum atomic E-state index is 4.16. The summed E-state index contributed by atoms with van der Waals surface area (Å²) in [7, 11) is 0. The van der Waals surface area contributed by atoms with Gasteiger partial charge in [-0.05, 0) is 38.1 Å².